The van der Waals surface area contributed by atoms with Gasteiger partial charge in [0.25, 0.3) is 0 Å². The van der Waals surface area contributed by atoms with Crippen molar-refractivity contribution in [3.05, 3.63) is 35.9 Å². The lowest BCUT2D eigenvalue weighted by Crippen LogP contribution is -2.49. The molecule has 1 fully saturated rings. The van der Waals surface area contributed by atoms with E-state index in [1.165, 1.54) is 31.5 Å². The van der Waals surface area contributed by atoms with Crippen molar-refractivity contribution in [2.75, 3.05) is 13.1 Å². The Morgan fingerprint density at radius 2 is 1.57 bits per heavy atom. The van der Waals surface area contributed by atoms with Gasteiger partial charge in [-0.1, -0.05) is 58.0 Å². The molecule has 0 aromatic heterocycles. The number of nitrogens with zero attached hydrogens (tertiary/aromatic N) is 1. The molecule has 1 aliphatic rings. The maximum atomic E-state index is 6.62. The van der Waals surface area contributed by atoms with Crippen molar-refractivity contribution in [3.63, 3.8) is 0 Å². The van der Waals surface area contributed by atoms with Gasteiger partial charge in [0.05, 0.1) is 0 Å². The molecule has 21 heavy (non-hydrogen) atoms. The van der Waals surface area contributed by atoms with Gasteiger partial charge in [-0.15, -0.1) is 0 Å². The van der Waals surface area contributed by atoms with Crippen LogP contribution in [0.1, 0.15) is 52.1 Å². The molecule has 0 aliphatic carbocycles. The van der Waals surface area contributed by atoms with Gasteiger partial charge in [-0.2, -0.15) is 0 Å². The molecule has 0 spiro atoms. The maximum absolute atomic E-state index is 6.62. The summed E-state index contributed by atoms with van der Waals surface area (Å²) in [4.78, 5) is 2.64. The Hall–Kier alpha value is -0.860. The van der Waals surface area contributed by atoms with Gasteiger partial charge < -0.3 is 5.73 Å². The summed E-state index contributed by atoms with van der Waals surface area (Å²) in [6, 6.07) is 11.1. The zero-order chi connectivity index (χ0) is 15.4. The highest BCUT2D eigenvalue weighted by Crippen LogP contribution is 2.31. The molecular formula is C19H32N2. The molecule has 1 aliphatic heterocycles. The second-order valence-corrected chi connectivity index (χ2v) is 7.29. The molecule has 2 heteroatoms. The van der Waals surface area contributed by atoms with Crippen molar-refractivity contribution in [2.45, 2.75) is 52.6 Å². The molecule has 1 aromatic rings. The van der Waals surface area contributed by atoms with Gasteiger partial charge in [0.15, 0.2) is 0 Å². The lowest BCUT2D eigenvalue weighted by Gasteiger charge is -2.43. The van der Waals surface area contributed by atoms with Gasteiger partial charge in [0.2, 0.25) is 0 Å². The van der Waals surface area contributed by atoms with E-state index in [0.717, 1.165) is 11.8 Å². The van der Waals surface area contributed by atoms with Crippen molar-refractivity contribution in [2.24, 2.45) is 23.5 Å². The normalized spacial score (nSPS) is 20.9. The molecule has 118 valence electrons. The van der Waals surface area contributed by atoms with Crippen LogP contribution in [0.2, 0.25) is 0 Å². The van der Waals surface area contributed by atoms with Crippen LogP contribution in [0, 0.1) is 17.8 Å². The third-order valence-electron chi connectivity index (χ3n) is 5.17. The molecule has 0 amide bonds. The van der Waals surface area contributed by atoms with E-state index in [9.17, 15) is 0 Å². The summed E-state index contributed by atoms with van der Waals surface area (Å²) in [5.41, 5.74) is 7.89. The topological polar surface area (TPSA) is 29.3 Å². The fourth-order valence-corrected chi connectivity index (χ4v) is 3.82. The van der Waals surface area contributed by atoms with E-state index in [4.69, 9.17) is 5.73 Å². The van der Waals surface area contributed by atoms with Gasteiger partial charge >= 0.3 is 0 Å². The minimum atomic E-state index is 0.113. The first-order valence-electron chi connectivity index (χ1n) is 8.55. The van der Waals surface area contributed by atoms with Crippen LogP contribution in [-0.2, 0) is 0 Å². The molecule has 2 nitrogen and oxygen atoms in total. The highest BCUT2D eigenvalue weighted by Gasteiger charge is 2.32. The number of nitrogens with two attached hydrogens (primary N) is 1. The lowest BCUT2D eigenvalue weighted by molar-refractivity contribution is 0.0756. The van der Waals surface area contributed by atoms with Gasteiger partial charge in [-0.25, -0.2) is 0 Å². The highest BCUT2D eigenvalue weighted by atomic mass is 15.2. The molecule has 0 saturated carbocycles. The summed E-state index contributed by atoms with van der Waals surface area (Å²) in [6.07, 6.45) is 2.64. The van der Waals surface area contributed by atoms with E-state index in [1.807, 2.05) is 0 Å². The molecule has 1 aromatic carbocycles. The second kappa shape index (κ2) is 7.42. The van der Waals surface area contributed by atoms with E-state index in [-0.39, 0.29) is 6.04 Å². The predicted molar refractivity (Wildman–Crippen MR) is 91.1 cm³/mol. The van der Waals surface area contributed by atoms with Gasteiger partial charge in [0.1, 0.15) is 0 Å². The molecular weight excluding hydrogens is 256 g/mol. The van der Waals surface area contributed by atoms with Crippen LogP contribution in [0.25, 0.3) is 0 Å². The van der Waals surface area contributed by atoms with Crippen LogP contribution < -0.4 is 5.73 Å². The molecule has 2 rings (SSSR count). The molecule has 1 heterocycles. The largest absolute Gasteiger partial charge is 0.323 e. The second-order valence-electron chi connectivity index (χ2n) is 7.29. The Balaban J connectivity index is 2.06. The Morgan fingerprint density at radius 3 is 2.05 bits per heavy atom. The Morgan fingerprint density at radius 1 is 1.00 bits per heavy atom. The molecule has 2 atom stereocenters. The number of piperidine rings is 1. The first kappa shape index (κ1) is 16.5. The van der Waals surface area contributed by atoms with E-state index in [2.05, 4.69) is 62.9 Å². The van der Waals surface area contributed by atoms with Gasteiger partial charge in [-0.3, -0.25) is 4.90 Å². The lowest BCUT2D eigenvalue weighted by atomic mass is 9.83. The minimum Gasteiger partial charge on any atom is -0.323 e. The average molecular weight is 288 g/mol. The summed E-state index contributed by atoms with van der Waals surface area (Å²) in [7, 11) is 0. The van der Waals surface area contributed by atoms with Crippen LogP contribution in [0.4, 0.5) is 0 Å². The summed E-state index contributed by atoms with van der Waals surface area (Å²) in [5.74, 6) is 2.28. The van der Waals surface area contributed by atoms with Crippen molar-refractivity contribution in [3.8, 4) is 0 Å². The number of likely N-dealkylation sites (tertiary alicyclic amines) is 1. The zero-order valence-corrected chi connectivity index (χ0v) is 14.1. The fourth-order valence-electron chi connectivity index (χ4n) is 3.82. The number of rotatable bonds is 5. The quantitative estimate of drug-likeness (QED) is 0.884. The van der Waals surface area contributed by atoms with E-state index in [0.29, 0.717) is 12.0 Å². The average Bonchev–Trinajstić information content (AvgIpc) is 2.48. The van der Waals surface area contributed by atoms with E-state index in [1.54, 1.807) is 0 Å². The maximum Gasteiger partial charge on any atom is 0.0455 e. The third kappa shape index (κ3) is 4.08. The Labute approximate surface area is 130 Å². The van der Waals surface area contributed by atoms with E-state index >= 15 is 0 Å². The SMILES string of the molecule is CC(C)C1CCN(C(C(C)C)C(N)c2ccccc2)CC1. The Kier molecular flexibility index (Phi) is 5.83. The molecule has 2 N–H and O–H groups in total. The van der Waals surface area contributed by atoms with Crippen LogP contribution in [0.5, 0.6) is 0 Å². The monoisotopic (exact) mass is 288 g/mol. The van der Waals surface area contributed by atoms with Gasteiger partial charge in [-0.05, 0) is 49.2 Å². The van der Waals surface area contributed by atoms with E-state index < -0.39 is 0 Å². The first-order chi connectivity index (χ1) is 10.0. The molecule has 1 saturated heterocycles. The minimum absolute atomic E-state index is 0.113. The van der Waals surface area contributed by atoms with Crippen LogP contribution in [0.15, 0.2) is 30.3 Å². The summed E-state index contributed by atoms with van der Waals surface area (Å²) in [6.45, 7) is 11.7. The van der Waals surface area contributed by atoms with Crippen molar-refractivity contribution in [1.82, 2.24) is 4.90 Å². The Bertz CT molecular complexity index is 405. The summed E-state index contributed by atoms with van der Waals surface area (Å²) in [5, 5.41) is 0. The molecule has 2 unspecified atom stereocenters. The highest BCUT2D eigenvalue weighted by molar-refractivity contribution is 5.20. The third-order valence-corrected chi connectivity index (χ3v) is 5.17. The van der Waals surface area contributed by atoms with Crippen molar-refractivity contribution >= 4 is 0 Å². The number of hydrogen-bond acceptors (Lipinski definition) is 2. The predicted octanol–water partition coefficient (Wildman–Crippen LogP) is 4.08. The number of benzene rings is 1. The smallest absolute Gasteiger partial charge is 0.0455 e. The van der Waals surface area contributed by atoms with Crippen molar-refractivity contribution < 1.29 is 0 Å². The van der Waals surface area contributed by atoms with Crippen LogP contribution in [0.3, 0.4) is 0 Å². The summed E-state index contributed by atoms with van der Waals surface area (Å²) >= 11 is 0. The van der Waals surface area contributed by atoms with Gasteiger partial charge in [0, 0.05) is 12.1 Å². The standard InChI is InChI=1S/C19H32N2/c1-14(2)16-10-12-21(13-11-16)19(15(3)4)18(20)17-8-6-5-7-9-17/h5-9,14-16,18-19H,10-13,20H2,1-4H3. The summed E-state index contributed by atoms with van der Waals surface area (Å²) < 4.78 is 0. The van der Waals surface area contributed by atoms with Crippen molar-refractivity contribution in [1.29, 1.82) is 0 Å². The zero-order valence-electron chi connectivity index (χ0n) is 14.1. The van der Waals surface area contributed by atoms with Crippen LogP contribution in [-0.4, -0.2) is 24.0 Å². The number of hydrogen-bond donors (Lipinski definition) is 1. The fraction of sp³-hybridized carbons (Fsp3) is 0.684. The first-order valence-corrected chi connectivity index (χ1v) is 8.55. The molecule has 0 radical (unpaired) electrons. The molecule has 0 bridgehead atoms. The van der Waals surface area contributed by atoms with Crippen LogP contribution >= 0.6 is 0 Å².